The second-order valence-electron chi connectivity index (χ2n) is 8.58. The fourth-order valence-electron chi connectivity index (χ4n) is 4.10. The van der Waals surface area contributed by atoms with Gasteiger partial charge in [-0.2, -0.15) is 0 Å². The Labute approximate surface area is 181 Å². The van der Waals surface area contributed by atoms with E-state index >= 15 is 0 Å². The van der Waals surface area contributed by atoms with Crippen LogP contribution in [0.15, 0.2) is 21.1 Å². The highest BCUT2D eigenvalue weighted by atomic mass is 16.5. The highest BCUT2D eigenvalue weighted by molar-refractivity contribution is 6.07. The number of aromatic nitrogens is 2. The predicted molar refractivity (Wildman–Crippen MR) is 116 cm³/mol. The molecule has 1 N–H and O–H groups in total. The summed E-state index contributed by atoms with van der Waals surface area (Å²) < 4.78 is 11.1. The highest BCUT2D eigenvalue weighted by Gasteiger charge is 2.29. The van der Waals surface area contributed by atoms with Gasteiger partial charge < -0.3 is 19.2 Å². The molecule has 0 aliphatic carbocycles. The van der Waals surface area contributed by atoms with Crippen molar-refractivity contribution in [3.05, 3.63) is 34.9 Å². The van der Waals surface area contributed by atoms with Crippen molar-refractivity contribution in [1.82, 2.24) is 20.4 Å². The van der Waals surface area contributed by atoms with E-state index in [0.29, 0.717) is 41.1 Å². The molecule has 1 unspecified atom stereocenters. The Balaban J connectivity index is 1.69. The summed E-state index contributed by atoms with van der Waals surface area (Å²) in [5.41, 5.74) is 2.90. The molecular weight excluding hydrogens is 396 g/mol. The second kappa shape index (κ2) is 8.17. The Hall–Kier alpha value is -3.16. The molecule has 4 heterocycles. The number of piperidine rings is 1. The number of furan rings is 1. The maximum absolute atomic E-state index is 13.6. The van der Waals surface area contributed by atoms with Crippen molar-refractivity contribution >= 4 is 22.9 Å². The normalized spacial score (nSPS) is 16.8. The van der Waals surface area contributed by atoms with E-state index < -0.39 is 0 Å². The molecule has 1 fully saturated rings. The van der Waals surface area contributed by atoms with E-state index in [2.05, 4.69) is 15.5 Å². The van der Waals surface area contributed by atoms with Crippen molar-refractivity contribution in [2.45, 2.75) is 53.5 Å². The predicted octanol–water partition coefficient (Wildman–Crippen LogP) is 3.78. The van der Waals surface area contributed by atoms with Crippen molar-refractivity contribution in [1.29, 1.82) is 0 Å². The van der Waals surface area contributed by atoms with Crippen LogP contribution in [0, 0.1) is 26.7 Å². The number of likely N-dealkylation sites (tertiary alicyclic amines) is 1. The smallest absolute Gasteiger partial charge is 0.259 e. The minimum absolute atomic E-state index is 0.00793. The van der Waals surface area contributed by atoms with Crippen molar-refractivity contribution in [3.63, 3.8) is 0 Å². The molecule has 0 saturated carbocycles. The quantitative estimate of drug-likeness (QED) is 0.684. The minimum atomic E-state index is -0.110. The van der Waals surface area contributed by atoms with Crippen molar-refractivity contribution in [2.75, 3.05) is 13.1 Å². The van der Waals surface area contributed by atoms with Gasteiger partial charge in [0.05, 0.1) is 22.3 Å². The lowest BCUT2D eigenvalue weighted by molar-refractivity contribution is -0.125. The number of nitrogens with one attached hydrogen (secondary N) is 1. The van der Waals surface area contributed by atoms with E-state index in [9.17, 15) is 9.59 Å². The molecule has 1 aliphatic rings. The summed E-state index contributed by atoms with van der Waals surface area (Å²) in [7, 11) is 0. The molecule has 2 amide bonds. The summed E-state index contributed by atoms with van der Waals surface area (Å²) in [5, 5.41) is 7.71. The van der Waals surface area contributed by atoms with Crippen LogP contribution >= 0.6 is 0 Å². The Morgan fingerprint density at radius 3 is 2.68 bits per heavy atom. The lowest BCUT2D eigenvalue weighted by Gasteiger charge is -2.33. The van der Waals surface area contributed by atoms with Crippen LogP contribution in [0.2, 0.25) is 0 Å². The SMILES string of the molecule is Cc1cc(-c2cc(C(=O)N3CCCC(NC(=O)C(C)C)C3)c3c(C)noc3n2)c(C)o1. The number of pyridine rings is 1. The summed E-state index contributed by atoms with van der Waals surface area (Å²) in [4.78, 5) is 32.1. The number of aryl methyl sites for hydroxylation is 3. The van der Waals surface area contributed by atoms with E-state index in [1.807, 2.05) is 33.8 Å². The first-order valence-electron chi connectivity index (χ1n) is 10.7. The summed E-state index contributed by atoms with van der Waals surface area (Å²) in [6, 6.07) is 3.65. The first-order chi connectivity index (χ1) is 14.7. The van der Waals surface area contributed by atoms with Gasteiger partial charge in [0.2, 0.25) is 5.91 Å². The molecule has 0 bridgehead atoms. The van der Waals surface area contributed by atoms with Gasteiger partial charge in [0, 0.05) is 30.6 Å². The topological polar surface area (TPSA) is 101 Å². The molecule has 8 nitrogen and oxygen atoms in total. The van der Waals surface area contributed by atoms with Gasteiger partial charge in [-0.1, -0.05) is 19.0 Å². The van der Waals surface area contributed by atoms with E-state index in [1.165, 1.54) is 0 Å². The molecule has 3 aromatic heterocycles. The first kappa shape index (κ1) is 21.1. The standard InChI is InChI=1S/C23H28N4O4/c1-12(2)21(28)24-16-7-6-8-27(11-16)23(29)18-10-19(17-9-13(3)30-15(17)5)25-22-20(18)14(4)26-31-22/h9-10,12,16H,6-8,11H2,1-5H3,(H,24,28). The summed E-state index contributed by atoms with van der Waals surface area (Å²) in [5.74, 6) is 1.31. The van der Waals surface area contributed by atoms with E-state index in [4.69, 9.17) is 8.94 Å². The fraction of sp³-hybridized carbons (Fsp3) is 0.478. The Morgan fingerprint density at radius 2 is 2.00 bits per heavy atom. The minimum Gasteiger partial charge on any atom is -0.466 e. The van der Waals surface area contributed by atoms with Crippen molar-refractivity contribution in [2.24, 2.45) is 5.92 Å². The molecule has 1 aliphatic heterocycles. The van der Waals surface area contributed by atoms with Gasteiger partial charge in [-0.25, -0.2) is 4.98 Å². The van der Waals surface area contributed by atoms with Gasteiger partial charge >= 0.3 is 0 Å². The average Bonchev–Trinajstić information content (AvgIpc) is 3.28. The van der Waals surface area contributed by atoms with Gasteiger partial charge in [0.15, 0.2) is 0 Å². The third-order valence-electron chi connectivity index (χ3n) is 5.74. The van der Waals surface area contributed by atoms with Gasteiger partial charge in [-0.3, -0.25) is 9.59 Å². The van der Waals surface area contributed by atoms with Crippen LogP contribution in [0.5, 0.6) is 0 Å². The van der Waals surface area contributed by atoms with E-state index in [-0.39, 0.29) is 23.8 Å². The molecule has 3 aromatic rings. The third kappa shape index (κ3) is 4.06. The summed E-state index contributed by atoms with van der Waals surface area (Å²) in [6.07, 6.45) is 1.69. The fourth-order valence-corrected chi connectivity index (χ4v) is 4.10. The molecule has 1 atom stereocenters. The molecule has 4 rings (SSSR count). The second-order valence-corrected chi connectivity index (χ2v) is 8.58. The van der Waals surface area contributed by atoms with Crippen LogP contribution in [-0.4, -0.2) is 46.0 Å². The average molecular weight is 425 g/mol. The molecule has 164 valence electrons. The van der Waals surface area contributed by atoms with Gasteiger partial charge in [-0.15, -0.1) is 0 Å². The molecule has 0 aromatic carbocycles. The van der Waals surface area contributed by atoms with Crippen LogP contribution in [0.25, 0.3) is 22.4 Å². The van der Waals surface area contributed by atoms with E-state index in [1.54, 1.807) is 17.9 Å². The zero-order valence-corrected chi connectivity index (χ0v) is 18.6. The summed E-state index contributed by atoms with van der Waals surface area (Å²) in [6.45, 7) is 10.4. The molecule has 0 spiro atoms. The number of fused-ring (bicyclic) bond motifs is 1. The Morgan fingerprint density at radius 1 is 1.23 bits per heavy atom. The maximum Gasteiger partial charge on any atom is 0.259 e. The van der Waals surface area contributed by atoms with Crippen LogP contribution in [0.1, 0.15) is 54.3 Å². The van der Waals surface area contributed by atoms with Crippen LogP contribution in [0.4, 0.5) is 0 Å². The van der Waals surface area contributed by atoms with Crippen LogP contribution in [-0.2, 0) is 4.79 Å². The zero-order chi connectivity index (χ0) is 22.3. The maximum atomic E-state index is 13.6. The lowest BCUT2D eigenvalue weighted by Crippen LogP contribution is -2.50. The van der Waals surface area contributed by atoms with Gasteiger partial charge in [-0.05, 0) is 45.7 Å². The van der Waals surface area contributed by atoms with Crippen molar-refractivity contribution < 1.29 is 18.5 Å². The van der Waals surface area contributed by atoms with Crippen molar-refractivity contribution in [3.8, 4) is 11.3 Å². The molecular formula is C23H28N4O4. The van der Waals surface area contributed by atoms with Gasteiger partial charge in [0.25, 0.3) is 11.6 Å². The van der Waals surface area contributed by atoms with E-state index in [0.717, 1.165) is 29.9 Å². The Bertz CT molecular complexity index is 1140. The first-order valence-corrected chi connectivity index (χ1v) is 10.7. The zero-order valence-electron chi connectivity index (χ0n) is 18.6. The van der Waals surface area contributed by atoms with Crippen LogP contribution in [0.3, 0.4) is 0 Å². The third-order valence-corrected chi connectivity index (χ3v) is 5.74. The largest absolute Gasteiger partial charge is 0.466 e. The molecule has 1 saturated heterocycles. The molecule has 0 radical (unpaired) electrons. The number of rotatable bonds is 4. The van der Waals surface area contributed by atoms with Gasteiger partial charge in [0.1, 0.15) is 11.5 Å². The lowest BCUT2D eigenvalue weighted by atomic mass is 10.0. The number of hydrogen-bond acceptors (Lipinski definition) is 6. The highest BCUT2D eigenvalue weighted by Crippen LogP contribution is 2.31. The summed E-state index contributed by atoms with van der Waals surface area (Å²) >= 11 is 0. The number of nitrogens with zero attached hydrogens (tertiary/aromatic N) is 3. The number of amides is 2. The molecule has 31 heavy (non-hydrogen) atoms. The molecule has 8 heteroatoms. The number of carbonyl (C=O) groups excluding carboxylic acids is 2. The monoisotopic (exact) mass is 424 g/mol. The Kier molecular flexibility index (Phi) is 5.56. The number of hydrogen-bond donors (Lipinski definition) is 1. The number of carbonyl (C=O) groups is 2. The van der Waals surface area contributed by atoms with Crippen LogP contribution < -0.4 is 5.32 Å².